The highest BCUT2D eigenvalue weighted by Crippen LogP contribution is 2.31. The van der Waals surface area contributed by atoms with E-state index in [1.165, 1.54) is 0 Å². The number of nitrogens with zero attached hydrogens (tertiary/aromatic N) is 6. The van der Waals surface area contributed by atoms with Crippen LogP contribution in [0.25, 0.3) is 16.7 Å². The van der Waals surface area contributed by atoms with Gasteiger partial charge in [-0.05, 0) is 43.2 Å². The summed E-state index contributed by atoms with van der Waals surface area (Å²) in [6.45, 7) is 1.99. The third-order valence-corrected chi connectivity index (χ3v) is 6.28. The Morgan fingerprint density at radius 1 is 1.08 bits per heavy atom. The lowest BCUT2D eigenvalue weighted by Crippen LogP contribution is -2.19. The van der Waals surface area contributed by atoms with Crippen molar-refractivity contribution in [1.82, 2.24) is 29.3 Å². The summed E-state index contributed by atoms with van der Waals surface area (Å²) in [5.41, 5.74) is 3.66. The number of nitrogens with one attached hydrogen (secondary N) is 2. The van der Waals surface area contributed by atoms with Gasteiger partial charge in [0.05, 0.1) is 34.7 Å². The summed E-state index contributed by atoms with van der Waals surface area (Å²) in [5.74, 6) is 1.21. The summed E-state index contributed by atoms with van der Waals surface area (Å²) < 4.78 is 3.24. The van der Waals surface area contributed by atoms with Crippen molar-refractivity contribution < 1.29 is 5.11 Å². The van der Waals surface area contributed by atoms with Crippen LogP contribution < -0.4 is 16.2 Å². The second-order valence-corrected chi connectivity index (χ2v) is 8.98. The van der Waals surface area contributed by atoms with Crippen molar-refractivity contribution in [3.8, 4) is 5.82 Å². The first-order valence-corrected chi connectivity index (χ1v) is 12.1. The van der Waals surface area contributed by atoms with Crippen LogP contribution in [0.15, 0.2) is 72.2 Å². The van der Waals surface area contributed by atoms with Crippen LogP contribution in [0.1, 0.15) is 24.4 Å². The summed E-state index contributed by atoms with van der Waals surface area (Å²) in [5, 5.41) is 21.5. The van der Waals surface area contributed by atoms with Gasteiger partial charge in [0.1, 0.15) is 5.82 Å². The Balaban J connectivity index is 1.49. The van der Waals surface area contributed by atoms with E-state index < -0.39 is 0 Å². The number of hydrogen-bond donors (Lipinski definition) is 3. The maximum Gasteiger partial charge on any atom is 0.252 e. The van der Waals surface area contributed by atoms with Gasteiger partial charge in [0.2, 0.25) is 0 Å². The Labute approximate surface area is 217 Å². The number of aromatic nitrogens is 6. The molecule has 0 radical (unpaired) electrons. The Morgan fingerprint density at radius 2 is 1.89 bits per heavy atom. The van der Waals surface area contributed by atoms with E-state index in [0.29, 0.717) is 34.5 Å². The number of aryl methyl sites for hydroxylation is 1. The van der Waals surface area contributed by atoms with Crippen LogP contribution in [0.4, 0.5) is 17.1 Å². The third kappa shape index (κ3) is 5.16. The average Bonchev–Trinajstić information content (AvgIpc) is 3.38. The highest BCUT2D eigenvalue weighted by atomic mass is 35.5. The quantitative estimate of drug-likeness (QED) is 0.283. The van der Waals surface area contributed by atoms with Crippen molar-refractivity contribution in [2.45, 2.75) is 19.4 Å². The molecule has 1 unspecified atom stereocenters. The molecule has 0 aliphatic rings. The third-order valence-electron chi connectivity index (χ3n) is 5.98. The number of aliphatic hydroxyl groups is 1. The number of pyridine rings is 2. The largest absolute Gasteiger partial charge is 0.396 e. The molecule has 11 heteroatoms. The van der Waals surface area contributed by atoms with E-state index in [1.54, 1.807) is 59.3 Å². The van der Waals surface area contributed by atoms with Crippen LogP contribution in [-0.2, 0) is 13.5 Å². The van der Waals surface area contributed by atoms with Crippen LogP contribution >= 0.6 is 11.6 Å². The minimum absolute atomic E-state index is 0.0497. The summed E-state index contributed by atoms with van der Waals surface area (Å²) in [6.07, 6.45) is 8.98. The molecule has 4 aromatic heterocycles. The molecule has 37 heavy (non-hydrogen) atoms. The van der Waals surface area contributed by atoms with Gasteiger partial charge in [-0.2, -0.15) is 5.10 Å². The van der Waals surface area contributed by atoms with Gasteiger partial charge in [-0.1, -0.05) is 11.6 Å². The molecule has 0 aliphatic carbocycles. The van der Waals surface area contributed by atoms with Crippen LogP contribution in [-0.4, -0.2) is 41.0 Å². The first-order valence-electron chi connectivity index (χ1n) is 11.7. The van der Waals surface area contributed by atoms with Crippen LogP contribution in [0.5, 0.6) is 0 Å². The molecule has 0 saturated carbocycles. The van der Waals surface area contributed by atoms with Gasteiger partial charge in [0, 0.05) is 61.1 Å². The minimum Gasteiger partial charge on any atom is -0.396 e. The highest BCUT2D eigenvalue weighted by molar-refractivity contribution is 6.33. The molecule has 0 spiro atoms. The minimum atomic E-state index is -0.213. The summed E-state index contributed by atoms with van der Waals surface area (Å²) in [4.78, 5) is 25.6. The smallest absolute Gasteiger partial charge is 0.252 e. The van der Waals surface area contributed by atoms with Gasteiger partial charge in [0.15, 0.2) is 5.82 Å². The molecule has 5 aromatic rings. The maximum atomic E-state index is 12.6. The fourth-order valence-electron chi connectivity index (χ4n) is 4.04. The Kier molecular flexibility index (Phi) is 6.85. The Hall–Kier alpha value is -4.28. The molecule has 0 fully saturated rings. The summed E-state index contributed by atoms with van der Waals surface area (Å²) in [7, 11) is 1.74. The van der Waals surface area contributed by atoms with Crippen molar-refractivity contribution >= 4 is 39.6 Å². The van der Waals surface area contributed by atoms with E-state index in [4.69, 9.17) is 16.7 Å². The number of benzene rings is 1. The molecular formula is C26H25ClN8O2. The summed E-state index contributed by atoms with van der Waals surface area (Å²) >= 11 is 6.46. The zero-order valence-corrected chi connectivity index (χ0v) is 21.0. The Morgan fingerprint density at radius 3 is 2.68 bits per heavy atom. The molecule has 4 heterocycles. The highest BCUT2D eigenvalue weighted by Gasteiger charge is 2.14. The lowest BCUT2D eigenvalue weighted by Gasteiger charge is -2.18. The average molecular weight is 517 g/mol. The number of fused-ring (bicyclic) bond motifs is 1. The number of rotatable bonds is 8. The van der Waals surface area contributed by atoms with Crippen LogP contribution in [0.2, 0.25) is 5.02 Å². The fourth-order valence-corrected chi connectivity index (χ4v) is 4.19. The van der Waals surface area contributed by atoms with E-state index in [1.807, 2.05) is 31.3 Å². The molecule has 10 nitrogen and oxygen atoms in total. The lowest BCUT2D eigenvalue weighted by atomic mass is 10.1. The van der Waals surface area contributed by atoms with Gasteiger partial charge in [-0.25, -0.2) is 19.6 Å². The molecule has 5 rings (SSSR count). The first-order chi connectivity index (χ1) is 17.9. The number of halogens is 1. The molecule has 0 saturated heterocycles. The second-order valence-electron chi connectivity index (χ2n) is 8.57. The van der Waals surface area contributed by atoms with E-state index in [0.717, 1.165) is 22.2 Å². The fraction of sp³-hybridized carbons (Fsp3) is 0.192. The lowest BCUT2D eigenvalue weighted by molar-refractivity contribution is 0.299. The monoisotopic (exact) mass is 516 g/mol. The number of anilines is 3. The van der Waals surface area contributed by atoms with Crippen molar-refractivity contribution in [1.29, 1.82) is 0 Å². The standard InChI is InChI=1S/C26H25ClN8O2/c1-16(26-28-7-3-8-29-26)32-21-12-25(37)34(2)23-5-4-18(10-19(21)23)33-22-11-24(30-14-20(22)27)35-15-17(6-9-36)13-31-35/h3-5,7-8,10-16,32,36H,6,9H2,1-2H3,(H,30,33). The molecule has 0 aliphatic heterocycles. The van der Waals surface area contributed by atoms with Crippen molar-refractivity contribution in [2.75, 3.05) is 17.2 Å². The normalized spacial score (nSPS) is 12.0. The second kappa shape index (κ2) is 10.4. The van der Waals surface area contributed by atoms with E-state index in [2.05, 4.69) is 30.7 Å². The molecule has 188 valence electrons. The zero-order chi connectivity index (χ0) is 25.9. The molecule has 0 amide bonds. The van der Waals surface area contributed by atoms with E-state index >= 15 is 0 Å². The predicted octanol–water partition coefficient (Wildman–Crippen LogP) is 4.01. The first kappa shape index (κ1) is 24.4. The summed E-state index contributed by atoms with van der Waals surface area (Å²) in [6, 6.07) is 10.7. The molecular weight excluding hydrogens is 492 g/mol. The van der Waals surface area contributed by atoms with Crippen LogP contribution in [0.3, 0.4) is 0 Å². The number of hydrogen-bond acceptors (Lipinski definition) is 8. The van der Waals surface area contributed by atoms with Gasteiger partial charge in [-0.3, -0.25) is 4.79 Å². The predicted molar refractivity (Wildman–Crippen MR) is 144 cm³/mol. The van der Waals surface area contributed by atoms with Crippen molar-refractivity contribution in [2.24, 2.45) is 7.05 Å². The molecule has 1 aromatic carbocycles. The zero-order valence-electron chi connectivity index (χ0n) is 20.3. The topological polar surface area (TPSA) is 123 Å². The van der Waals surface area contributed by atoms with E-state index in [-0.39, 0.29) is 18.2 Å². The SMILES string of the molecule is CC(Nc1cc(=O)n(C)c2ccc(Nc3cc(-n4cc(CCO)cn4)ncc3Cl)cc12)c1ncccn1. The number of aliphatic hydroxyl groups excluding tert-OH is 1. The van der Waals surface area contributed by atoms with Gasteiger partial charge < -0.3 is 20.3 Å². The molecule has 3 N–H and O–H groups in total. The maximum absolute atomic E-state index is 12.6. The van der Waals surface area contributed by atoms with Crippen LogP contribution in [0, 0.1) is 0 Å². The molecule has 0 bridgehead atoms. The van der Waals surface area contributed by atoms with E-state index in [9.17, 15) is 4.79 Å². The van der Waals surface area contributed by atoms with Gasteiger partial charge >= 0.3 is 0 Å². The van der Waals surface area contributed by atoms with Gasteiger partial charge in [-0.15, -0.1) is 0 Å². The van der Waals surface area contributed by atoms with Crippen molar-refractivity contribution in [3.63, 3.8) is 0 Å². The molecule has 1 atom stereocenters. The van der Waals surface area contributed by atoms with Gasteiger partial charge in [0.25, 0.3) is 5.56 Å². The Bertz CT molecular complexity index is 1620. The van der Waals surface area contributed by atoms with Crippen molar-refractivity contribution in [3.05, 3.63) is 94.1 Å².